The molecule has 3 nitrogen and oxygen atoms in total. The summed E-state index contributed by atoms with van der Waals surface area (Å²) in [6, 6.07) is 7.80. The van der Waals surface area contributed by atoms with E-state index in [2.05, 4.69) is 17.1 Å². The number of aliphatic hydroxyl groups excluding tert-OH is 1. The molecule has 0 unspecified atom stereocenters. The Bertz CT molecular complexity index is 604. The molecule has 19 heavy (non-hydrogen) atoms. The predicted molar refractivity (Wildman–Crippen MR) is 73.7 cm³/mol. The van der Waals surface area contributed by atoms with E-state index in [1.165, 1.54) is 23.7 Å². The van der Waals surface area contributed by atoms with Crippen molar-refractivity contribution < 1.29 is 9.84 Å². The lowest BCUT2D eigenvalue weighted by atomic mass is 10.1. The van der Waals surface area contributed by atoms with Gasteiger partial charge in [0.25, 0.3) is 0 Å². The Labute approximate surface area is 116 Å². The summed E-state index contributed by atoms with van der Waals surface area (Å²) in [5.41, 5.74) is 3.38. The molecule has 98 valence electrons. The molecule has 0 spiro atoms. The number of benzene rings is 1. The normalized spacial score (nSPS) is 13.4. The van der Waals surface area contributed by atoms with Crippen LogP contribution in [0.5, 0.6) is 11.6 Å². The van der Waals surface area contributed by atoms with Crippen molar-refractivity contribution in [2.45, 2.75) is 25.9 Å². The van der Waals surface area contributed by atoms with E-state index >= 15 is 0 Å². The van der Waals surface area contributed by atoms with E-state index in [9.17, 15) is 0 Å². The molecule has 0 aliphatic heterocycles. The highest BCUT2D eigenvalue weighted by Crippen LogP contribution is 2.29. The zero-order valence-corrected chi connectivity index (χ0v) is 11.2. The summed E-state index contributed by atoms with van der Waals surface area (Å²) < 4.78 is 5.72. The van der Waals surface area contributed by atoms with Crippen molar-refractivity contribution in [2.75, 3.05) is 0 Å². The van der Waals surface area contributed by atoms with Crippen molar-refractivity contribution in [1.82, 2.24) is 4.98 Å². The first-order valence-electron chi connectivity index (χ1n) is 6.31. The second-order valence-electron chi connectivity index (χ2n) is 4.66. The zero-order valence-electron chi connectivity index (χ0n) is 10.4. The fourth-order valence-corrected chi connectivity index (χ4v) is 2.53. The zero-order chi connectivity index (χ0) is 13.2. The third-order valence-corrected chi connectivity index (χ3v) is 3.71. The summed E-state index contributed by atoms with van der Waals surface area (Å²) >= 11 is 5.90. The maximum absolute atomic E-state index is 9.17. The lowest BCUT2D eigenvalue weighted by Crippen LogP contribution is -1.93. The topological polar surface area (TPSA) is 42.4 Å². The quantitative estimate of drug-likeness (QED) is 0.932. The molecule has 3 rings (SSSR count). The van der Waals surface area contributed by atoms with Crippen molar-refractivity contribution in [3.8, 4) is 11.6 Å². The largest absolute Gasteiger partial charge is 0.439 e. The van der Waals surface area contributed by atoms with E-state index in [0.29, 0.717) is 16.5 Å². The molecule has 0 amide bonds. The van der Waals surface area contributed by atoms with E-state index in [-0.39, 0.29) is 6.61 Å². The second kappa shape index (κ2) is 5.19. The molecule has 1 N–H and O–H groups in total. The molecule has 4 heteroatoms. The summed E-state index contributed by atoms with van der Waals surface area (Å²) in [6.45, 7) is -0.123. The van der Waals surface area contributed by atoms with Crippen LogP contribution >= 0.6 is 11.6 Å². The first kappa shape index (κ1) is 12.5. The molecule has 0 radical (unpaired) electrons. The highest BCUT2D eigenvalue weighted by atomic mass is 35.5. The number of halogens is 1. The number of hydrogen-bond acceptors (Lipinski definition) is 3. The maximum Gasteiger partial charge on any atom is 0.219 e. The lowest BCUT2D eigenvalue weighted by molar-refractivity contribution is 0.281. The molecule has 1 aliphatic rings. The van der Waals surface area contributed by atoms with Gasteiger partial charge in [-0.3, -0.25) is 0 Å². The van der Waals surface area contributed by atoms with E-state index in [1.54, 1.807) is 6.07 Å². The summed E-state index contributed by atoms with van der Waals surface area (Å²) in [5.74, 6) is 1.23. The molecule has 0 atom stereocenters. The molecule has 1 aromatic carbocycles. The number of aryl methyl sites for hydroxylation is 2. The number of pyridine rings is 1. The Morgan fingerprint density at radius 1 is 1.21 bits per heavy atom. The molecule has 1 heterocycles. The Morgan fingerprint density at radius 3 is 2.89 bits per heavy atom. The van der Waals surface area contributed by atoms with Gasteiger partial charge in [0.2, 0.25) is 5.88 Å². The van der Waals surface area contributed by atoms with Crippen molar-refractivity contribution in [3.63, 3.8) is 0 Å². The van der Waals surface area contributed by atoms with E-state index < -0.39 is 0 Å². The van der Waals surface area contributed by atoms with Crippen LogP contribution in [0.15, 0.2) is 30.5 Å². The Hall–Kier alpha value is -1.58. The smallest absolute Gasteiger partial charge is 0.219 e. The number of hydrogen-bond donors (Lipinski definition) is 1. The molecule has 0 saturated heterocycles. The number of nitrogens with zero attached hydrogens (tertiary/aromatic N) is 1. The number of aromatic nitrogens is 1. The third-order valence-electron chi connectivity index (χ3n) is 3.37. The fraction of sp³-hybridized carbons (Fsp3) is 0.267. The Morgan fingerprint density at radius 2 is 2.05 bits per heavy atom. The summed E-state index contributed by atoms with van der Waals surface area (Å²) in [7, 11) is 0. The van der Waals surface area contributed by atoms with Gasteiger partial charge in [0.1, 0.15) is 5.75 Å². The number of rotatable bonds is 3. The predicted octanol–water partition coefficient (Wildman–Crippen LogP) is 3.51. The van der Waals surface area contributed by atoms with Crippen LogP contribution in [-0.2, 0) is 19.4 Å². The van der Waals surface area contributed by atoms with Gasteiger partial charge in [0.15, 0.2) is 0 Å². The molecule has 0 fully saturated rings. The monoisotopic (exact) mass is 275 g/mol. The summed E-state index contributed by atoms with van der Waals surface area (Å²) in [4.78, 5) is 4.11. The third kappa shape index (κ3) is 2.57. The summed E-state index contributed by atoms with van der Waals surface area (Å²) in [6.07, 6.45) is 4.98. The van der Waals surface area contributed by atoms with Crippen molar-refractivity contribution in [1.29, 1.82) is 0 Å². The average molecular weight is 276 g/mol. The molecule has 0 bridgehead atoms. The standard InChI is InChI=1S/C15H14ClNO2/c16-14-8-17-15(7-12(14)9-18)19-13-5-4-10-2-1-3-11(10)6-13/h4-8,18H,1-3,9H2. The molecule has 0 saturated carbocycles. The van der Waals surface area contributed by atoms with Gasteiger partial charge in [0, 0.05) is 17.8 Å². The minimum Gasteiger partial charge on any atom is -0.439 e. The van der Waals surface area contributed by atoms with Gasteiger partial charge in [-0.1, -0.05) is 17.7 Å². The SMILES string of the molecule is OCc1cc(Oc2ccc3c(c2)CCC3)ncc1Cl. The van der Waals surface area contributed by atoms with Gasteiger partial charge in [-0.25, -0.2) is 4.98 Å². The van der Waals surface area contributed by atoms with Crippen molar-refractivity contribution in [2.24, 2.45) is 0 Å². The summed E-state index contributed by atoms with van der Waals surface area (Å²) in [5, 5.41) is 9.62. The van der Waals surface area contributed by atoms with Gasteiger partial charge >= 0.3 is 0 Å². The van der Waals surface area contributed by atoms with Gasteiger partial charge < -0.3 is 9.84 Å². The van der Waals surface area contributed by atoms with Crippen LogP contribution in [0.4, 0.5) is 0 Å². The van der Waals surface area contributed by atoms with Crippen LogP contribution in [0, 0.1) is 0 Å². The molecular weight excluding hydrogens is 262 g/mol. The number of fused-ring (bicyclic) bond motifs is 1. The van der Waals surface area contributed by atoms with Crippen LogP contribution in [0.25, 0.3) is 0 Å². The first-order chi connectivity index (χ1) is 9.26. The average Bonchev–Trinajstić information content (AvgIpc) is 2.88. The molecule has 2 aromatic rings. The fourth-order valence-electron chi connectivity index (χ4n) is 2.37. The number of ether oxygens (including phenoxy) is 1. The van der Waals surface area contributed by atoms with Crippen LogP contribution in [0.3, 0.4) is 0 Å². The molecular formula is C15H14ClNO2. The molecule has 1 aromatic heterocycles. The van der Waals surface area contributed by atoms with Crippen molar-refractivity contribution >= 4 is 11.6 Å². The van der Waals surface area contributed by atoms with E-state index in [0.717, 1.165) is 18.6 Å². The van der Waals surface area contributed by atoms with Gasteiger partial charge in [0.05, 0.1) is 11.6 Å². The van der Waals surface area contributed by atoms with E-state index in [1.807, 2.05) is 6.07 Å². The van der Waals surface area contributed by atoms with Crippen LogP contribution < -0.4 is 4.74 Å². The second-order valence-corrected chi connectivity index (χ2v) is 5.07. The van der Waals surface area contributed by atoms with Gasteiger partial charge in [-0.05, 0) is 42.5 Å². The maximum atomic E-state index is 9.17. The molecule has 1 aliphatic carbocycles. The highest BCUT2D eigenvalue weighted by molar-refractivity contribution is 6.31. The first-order valence-corrected chi connectivity index (χ1v) is 6.69. The minimum atomic E-state index is -0.123. The Balaban J connectivity index is 1.85. The van der Waals surface area contributed by atoms with Crippen LogP contribution in [-0.4, -0.2) is 10.1 Å². The highest BCUT2D eigenvalue weighted by Gasteiger charge is 2.12. The van der Waals surface area contributed by atoms with Gasteiger partial charge in [-0.2, -0.15) is 0 Å². The van der Waals surface area contributed by atoms with Crippen LogP contribution in [0.2, 0.25) is 5.02 Å². The van der Waals surface area contributed by atoms with E-state index in [4.69, 9.17) is 21.4 Å². The van der Waals surface area contributed by atoms with Gasteiger partial charge in [-0.15, -0.1) is 0 Å². The Kier molecular flexibility index (Phi) is 3.40. The lowest BCUT2D eigenvalue weighted by Gasteiger charge is -2.08. The van der Waals surface area contributed by atoms with Crippen molar-refractivity contribution in [3.05, 3.63) is 52.2 Å². The van der Waals surface area contributed by atoms with Crippen LogP contribution in [0.1, 0.15) is 23.1 Å². The minimum absolute atomic E-state index is 0.123. The number of aliphatic hydroxyl groups is 1.